The Labute approximate surface area is 192 Å². The van der Waals surface area contributed by atoms with Crippen molar-refractivity contribution in [2.75, 3.05) is 18.4 Å². The smallest absolute Gasteiger partial charge is 0.233 e. The van der Waals surface area contributed by atoms with E-state index in [1.54, 1.807) is 0 Å². The summed E-state index contributed by atoms with van der Waals surface area (Å²) < 4.78 is 19.3. The van der Waals surface area contributed by atoms with Crippen LogP contribution < -0.4 is 10.1 Å². The highest BCUT2D eigenvalue weighted by atomic mass is 19.1. The van der Waals surface area contributed by atoms with Crippen molar-refractivity contribution in [1.82, 2.24) is 15.1 Å². The summed E-state index contributed by atoms with van der Waals surface area (Å²) >= 11 is 0. The number of rotatable bonds is 6. The second kappa shape index (κ2) is 9.27. The number of nitrogens with one attached hydrogen (secondary N) is 1. The molecule has 1 amide bonds. The Morgan fingerprint density at radius 1 is 1.00 bits per heavy atom. The molecular weight excluding hydrogens is 419 g/mol. The molecule has 170 valence electrons. The summed E-state index contributed by atoms with van der Waals surface area (Å²) in [5.41, 5.74) is 3.60. The molecule has 5 rings (SSSR count). The molecule has 1 N–H and O–H groups in total. The predicted octanol–water partition coefficient (Wildman–Crippen LogP) is 4.53. The summed E-state index contributed by atoms with van der Waals surface area (Å²) in [6.45, 7) is 4.47. The minimum Gasteiger partial charge on any atom is -0.473 e. The van der Waals surface area contributed by atoms with Crippen LogP contribution in [-0.4, -0.2) is 40.2 Å². The van der Waals surface area contributed by atoms with Gasteiger partial charge >= 0.3 is 0 Å². The van der Waals surface area contributed by atoms with Crippen LogP contribution in [0.4, 0.5) is 10.1 Å². The number of halogens is 1. The highest BCUT2D eigenvalue weighted by molar-refractivity contribution is 5.88. The third-order valence-corrected chi connectivity index (χ3v) is 6.53. The van der Waals surface area contributed by atoms with Gasteiger partial charge in [0.2, 0.25) is 11.8 Å². The largest absolute Gasteiger partial charge is 0.473 e. The van der Waals surface area contributed by atoms with Crippen LogP contribution in [0.1, 0.15) is 25.3 Å². The van der Waals surface area contributed by atoms with Gasteiger partial charge in [0.05, 0.1) is 5.69 Å². The number of carbonyl (C=O) groups is 1. The van der Waals surface area contributed by atoms with Crippen LogP contribution in [0.25, 0.3) is 11.3 Å². The average Bonchev–Trinajstić information content (AvgIpc) is 3.34. The molecule has 0 radical (unpaired) electrons. The molecule has 7 heteroatoms. The first-order valence-electron chi connectivity index (χ1n) is 11.4. The first-order valence-corrected chi connectivity index (χ1v) is 11.4. The molecule has 3 aromatic rings. The molecule has 0 bridgehead atoms. The summed E-state index contributed by atoms with van der Waals surface area (Å²) in [5.74, 6) is 1.53. The van der Waals surface area contributed by atoms with E-state index in [4.69, 9.17) is 4.74 Å². The molecule has 33 heavy (non-hydrogen) atoms. The van der Waals surface area contributed by atoms with Crippen molar-refractivity contribution in [1.29, 1.82) is 0 Å². The zero-order valence-corrected chi connectivity index (χ0v) is 18.6. The van der Waals surface area contributed by atoms with Crippen molar-refractivity contribution in [3.05, 3.63) is 72.0 Å². The Kier molecular flexibility index (Phi) is 6.05. The second-order valence-electron chi connectivity index (χ2n) is 9.07. The fourth-order valence-corrected chi connectivity index (χ4v) is 5.05. The van der Waals surface area contributed by atoms with Crippen molar-refractivity contribution in [3.63, 3.8) is 0 Å². The zero-order valence-electron chi connectivity index (χ0n) is 18.6. The number of hydrogen-bond acceptors (Lipinski definition) is 5. The van der Waals surface area contributed by atoms with Gasteiger partial charge < -0.3 is 10.1 Å². The highest BCUT2D eigenvalue weighted by Gasteiger charge is 2.41. The number of fused-ring (bicyclic) bond motifs is 1. The number of amides is 1. The van der Waals surface area contributed by atoms with Crippen molar-refractivity contribution in [2.45, 2.75) is 32.4 Å². The van der Waals surface area contributed by atoms with Crippen LogP contribution in [0.15, 0.2) is 60.7 Å². The van der Waals surface area contributed by atoms with E-state index in [-0.39, 0.29) is 17.8 Å². The molecule has 3 atom stereocenters. The van der Waals surface area contributed by atoms with E-state index in [9.17, 15) is 9.18 Å². The van der Waals surface area contributed by atoms with Gasteiger partial charge in [-0.05, 0) is 60.6 Å². The average molecular weight is 447 g/mol. The number of nitrogens with zero attached hydrogens (tertiary/aromatic N) is 3. The van der Waals surface area contributed by atoms with E-state index in [2.05, 4.69) is 20.4 Å². The van der Waals surface area contributed by atoms with Gasteiger partial charge in [-0.3, -0.25) is 9.69 Å². The Bertz CT molecular complexity index is 1090. The topological polar surface area (TPSA) is 67.3 Å². The predicted molar refractivity (Wildman–Crippen MR) is 124 cm³/mol. The molecule has 2 heterocycles. The monoisotopic (exact) mass is 446 g/mol. The molecule has 1 aliphatic carbocycles. The lowest BCUT2D eigenvalue weighted by atomic mass is 10.0. The minimum atomic E-state index is -0.187. The molecule has 2 aliphatic rings. The molecule has 2 fully saturated rings. The number of ether oxygens (including phenoxy) is 1. The van der Waals surface area contributed by atoms with Gasteiger partial charge in [0.25, 0.3) is 0 Å². The maximum atomic E-state index is 13.1. The van der Waals surface area contributed by atoms with E-state index >= 15 is 0 Å². The van der Waals surface area contributed by atoms with Crippen LogP contribution in [0, 0.1) is 17.7 Å². The summed E-state index contributed by atoms with van der Waals surface area (Å²) in [6, 6.07) is 18.1. The molecule has 6 nitrogen and oxygen atoms in total. The standard InChI is InChI=1S/C26H27FN4O2/c1-17(32)28-23-8-4-19(5-9-23)25-10-11-26(30-29-25)33-24-12-20-15-31(16-21(20)13-24)14-18-2-6-22(27)7-3-18/h2-11,20-21,24H,12-16H2,1H3,(H,28,32)/t20-,21?,24?/m1/s1. The van der Waals surface area contributed by atoms with Crippen molar-refractivity contribution < 1.29 is 13.9 Å². The normalized spacial score (nSPS) is 22.2. The van der Waals surface area contributed by atoms with Crippen LogP contribution in [0.2, 0.25) is 0 Å². The van der Waals surface area contributed by atoms with Crippen LogP contribution in [-0.2, 0) is 11.3 Å². The highest BCUT2D eigenvalue weighted by Crippen LogP contribution is 2.40. The number of carbonyl (C=O) groups excluding carboxylic acids is 1. The van der Waals surface area contributed by atoms with E-state index in [0.29, 0.717) is 17.7 Å². The molecule has 1 aliphatic heterocycles. The lowest BCUT2D eigenvalue weighted by Crippen LogP contribution is -2.24. The van der Waals surface area contributed by atoms with Crippen LogP contribution in [0.3, 0.4) is 0 Å². The zero-order chi connectivity index (χ0) is 22.8. The molecular formula is C26H27FN4O2. The third kappa shape index (κ3) is 5.20. The number of aromatic nitrogens is 2. The maximum Gasteiger partial charge on any atom is 0.233 e. The van der Waals surface area contributed by atoms with E-state index in [1.807, 2.05) is 48.5 Å². The number of benzene rings is 2. The van der Waals surface area contributed by atoms with Gasteiger partial charge in [-0.1, -0.05) is 24.3 Å². The molecule has 1 aromatic heterocycles. The molecule has 2 unspecified atom stereocenters. The van der Waals surface area contributed by atoms with Gasteiger partial charge in [-0.2, -0.15) is 0 Å². The summed E-state index contributed by atoms with van der Waals surface area (Å²) in [5, 5.41) is 11.4. The third-order valence-electron chi connectivity index (χ3n) is 6.53. The van der Waals surface area contributed by atoms with Crippen molar-refractivity contribution in [3.8, 4) is 17.1 Å². The summed E-state index contributed by atoms with van der Waals surface area (Å²) in [4.78, 5) is 13.6. The van der Waals surface area contributed by atoms with Crippen molar-refractivity contribution >= 4 is 11.6 Å². The molecule has 2 aromatic carbocycles. The quantitative estimate of drug-likeness (QED) is 0.603. The number of hydrogen-bond donors (Lipinski definition) is 1. The Balaban J connectivity index is 1.13. The fourth-order valence-electron chi connectivity index (χ4n) is 5.05. The van der Waals surface area contributed by atoms with Gasteiger partial charge in [0.15, 0.2) is 0 Å². The van der Waals surface area contributed by atoms with E-state index in [0.717, 1.165) is 55.0 Å². The maximum absolute atomic E-state index is 13.1. The minimum absolute atomic E-state index is 0.0966. The first kappa shape index (κ1) is 21.5. The molecule has 0 spiro atoms. The fraction of sp³-hybridized carbons (Fsp3) is 0.346. The second-order valence-corrected chi connectivity index (χ2v) is 9.07. The van der Waals surface area contributed by atoms with E-state index < -0.39 is 0 Å². The van der Waals surface area contributed by atoms with Gasteiger partial charge in [-0.15, -0.1) is 10.2 Å². The number of likely N-dealkylation sites (tertiary alicyclic amines) is 1. The van der Waals surface area contributed by atoms with Gasteiger partial charge in [0, 0.05) is 43.9 Å². The Morgan fingerprint density at radius 3 is 2.30 bits per heavy atom. The van der Waals surface area contributed by atoms with Gasteiger partial charge in [0.1, 0.15) is 11.9 Å². The first-order chi connectivity index (χ1) is 16.0. The van der Waals surface area contributed by atoms with Gasteiger partial charge in [-0.25, -0.2) is 4.39 Å². The summed E-state index contributed by atoms with van der Waals surface area (Å²) in [7, 11) is 0. The SMILES string of the molecule is CC(=O)Nc1ccc(-c2ccc(OC3CC4CN(Cc5ccc(F)cc5)C[C@H]4C3)nn2)cc1. The van der Waals surface area contributed by atoms with E-state index in [1.165, 1.54) is 19.1 Å². The summed E-state index contributed by atoms with van der Waals surface area (Å²) in [6.07, 6.45) is 2.22. The molecule has 1 saturated heterocycles. The van der Waals surface area contributed by atoms with Crippen molar-refractivity contribution in [2.24, 2.45) is 11.8 Å². The van der Waals surface area contributed by atoms with Crippen LogP contribution in [0.5, 0.6) is 5.88 Å². The Hall–Kier alpha value is -3.32. The Morgan fingerprint density at radius 2 is 1.70 bits per heavy atom. The lowest BCUT2D eigenvalue weighted by molar-refractivity contribution is -0.114. The number of anilines is 1. The lowest BCUT2D eigenvalue weighted by Gasteiger charge is -2.19. The van der Waals surface area contributed by atoms with Crippen LogP contribution >= 0.6 is 0 Å². The molecule has 1 saturated carbocycles.